The lowest BCUT2D eigenvalue weighted by atomic mass is 10.1. The number of carbonyl (C=O) groups is 1. The van der Waals surface area contributed by atoms with E-state index in [1.54, 1.807) is 17.8 Å². The number of methoxy groups -OCH3 is 1. The first kappa shape index (κ1) is 14.2. The molecule has 1 amide bonds. The summed E-state index contributed by atoms with van der Waals surface area (Å²) in [6.45, 7) is 1.30. The number of imidazole rings is 1. The number of aromatic nitrogens is 3. The number of hydrogen-bond acceptors (Lipinski definition) is 3. The molecule has 0 radical (unpaired) electrons. The van der Waals surface area contributed by atoms with Crippen LogP contribution in [0.5, 0.6) is 5.75 Å². The Labute approximate surface area is 128 Å². The number of nitrogens with zero attached hydrogens (tertiary/aromatic N) is 3. The molecule has 0 atom stereocenters. The van der Waals surface area contributed by atoms with E-state index in [0.717, 1.165) is 17.0 Å². The average molecular weight is 298 g/mol. The fraction of sp³-hybridized carbons (Fsp3) is 0.250. The molecule has 0 aliphatic rings. The lowest BCUT2D eigenvalue weighted by Crippen LogP contribution is -2.28. The second-order valence-electron chi connectivity index (χ2n) is 5.00. The van der Waals surface area contributed by atoms with E-state index in [-0.39, 0.29) is 5.91 Å². The minimum absolute atomic E-state index is 0.00457. The molecular formula is C16H18N4O2. The van der Waals surface area contributed by atoms with E-state index in [1.165, 1.54) is 0 Å². The van der Waals surface area contributed by atoms with Crippen LogP contribution in [-0.4, -0.2) is 33.7 Å². The van der Waals surface area contributed by atoms with Crippen molar-refractivity contribution in [1.82, 2.24) is 19.5 Å². The topological polar surface area (TPSA) is 60.6 Å². The molecule has 6 nitrogen and oxygen atoms in total. The zero-order chi connectivity index (χ0) is 15.4. The number of hydrogen-bond donors (Lipinski definition) is 1. The molecule has 1 N–H and O–H groups in total. The smallest absolute Gasteiger partial charge is 0.224 e. The van der Waals surface area contributed by atoms with Crippen LogP contribution >= 0.6 is 0 Å². The lowest BCUT2D eigenvalue weighted by molar-refractivity contribution is -0.120. The maximum atomic E-state index is 12.0. The van der Waals surface area contributed by atoms with Crippen LogP contribution in [0.3, 0.4) is 0 Å². The predicted molar refractivity (Wildman–Crippen MR) is 82.9 cm³/mol. The van der Waals surface area contributed by atoms with Crippen molar-refractivity contribution in [3.05, 3.63) is 54.5 Å². The van der Waals surface area contributed by atoms with Crippen molar-refractivity contribution in [2.75, 3.05) is 13.7 Å². The van der Waals surface area contributed by atoms with E-state index in [0.29, 0.717) is 19.5 Å². The SMILES string of the molecule is COc1cccc(CC(=O)NCCn2ccn3nccc23)c1. The van der Waals surface area contributed by atoms with Crippen LogP contribution < -0.4 is 10.1 Å². The number of carbonyl (C=O) groups excluding carboxylic acids is 1. The van der Waals surface area contributed by atoms with Crippen molar-refractivity contribution in [3.8, 4) is 5.75 Å². The van der Waals surface area contributed by atoms with Crippen LogP contribution in [-0.2, 0) is 17.8 Å². The highest BCUT2D eigenvalue weighted by Crippen LogP contribution is 2.12. The van der Waals surface area contributed by atoms with Crippen LogP contribution in [0.25, 0.3) is 5.65 Å². The molecule has 0 saturated heterocycles. The molecule has 2 aromatic heterocycles. The van der Waals surface area contributed by atoms with Gasteiger partial charge in [-0.3, -0.25) is 4.79 Å². The largest absolute Gasteiger partial charge is 0.497 e. The van der Waals surface area contributed by atoms with Gasteiger partial charge >= 0.3 is 0 Å². The van der Waals surface area contributed by atoms with Gasteiger partial charge in [-0.2, -0.15) is 5.10 Å². The van der Waals surface area contributed by atoms with Gasteiger partial charge in [0.1, 0.15) is 11.4 Å². The standard InChI is InChI=1S/C16H18N4O2/c1-22-14-4-2-3-13(11-14)12-15(21)17-7-8-19-9-10-20-16(19)5-6-18-20/h2-6,9-11H,7-8,12H2,1H3,(H,17,21). The summed E-state index contributed by atoms with van der Waals surface area (Å²) in [6, 6.07) is 9.49. The van der Waals surface area contributed by atoms with Gasteiger partial charge in [0, 0.05) is 31.5 Å². The van der Waals surface area contributed by atoms with Crippen molar-refractivity contribution >= 4 is 11.6 Å². The summed E-state index contributed by atoms with van der Waals surface area (Å²) in [5, 5.41) is 7.08. The van der Waals surface area contributed by atoms with E-state index in [9.17, 15) is 4.79 Å². The molecule has 0 aliphatic carbocycles. The van der Waals surface area contributed by atoms with Crippen LogP contribution in [0, 0.1) is 0 Å². The first-order valence-corrected chi connectivity index (χ1v) is 7.14. The Kier molecular flexibility index (Phi) is 4.09. The molecule has 22 heavy (non-hydrogen) atoms. The summed E-state index contributed by atoms with van der Waals surface area (Å²) in [5.41, 5.74) is 1.96. The average Bonchev–Trinajstić information content (AvgIpc) is 3.12. The fourth-order valence-electron chi connectivity index (χ4n) is 2.40. The quantitative estimate of drug-likeness (QED) is 0.750. The maximum absolute atomic E-state index is 12.0. The number of amides is 1. The molecule has 114 valence electrons. The third kappa shape index (κ3) is 3.11. The molecule has 0 aliphatic heterocycles. The summed E-state index contributed by atoms with van der Waals surface area (Å²) in [5.74, 6) is 0.769. The van der Waals surface area contributed by atoms with Crippen LogP contribution in [0.1, 0.15) is 5.56 Å². The van der Waals surface area contributed by atoms with Crippen LogP contribution in [0.2, 0.25) is 0 Å². The maximum Gasteiger partial charge on any atom is 0.224 e. The summed E-state index contributed by atoms with van der Waals surface area (Å²) in [6.07, 6.45) is 5.96. The molecule has 0 saturated carbocycles. The zero-order valence-electron chi connectivity index (χ0n) is 12.4. The van der Waals surface area contributed by atoms with Gasteiger partial charge in [0.05, 0.1) is 19.7 Å². The molecule has 0 fully saturated rings. The number of benzene rings is 1. The van der Waals surface area contributed by atoms with Gasteiger partial charge in [0.15, 0.2) is 0 Å². The highest BCUT2D eigenvalue weighted by Gasteiger charge is 2.05. The van der Waals surface area contributed by atoms with E-state index < -0.39 is 0 Å². The molecule has 0 unspecified atom stereocenters. The third-order valence-corrected chi connectivity index (χ3v) is 3.51. The van der Waals surface area contributed by atoms with Crippen molar-refractivity contribution < 1.29 is 9.53 Å². The molecule has 6 heteroatoms. The van der Waals surface area contributed by atoms with Crippen molar-refractivity contribution in [2.24, 2.45) is 0 Å². The first-order chi connectivity index (χ1) is 10.8. The summed E-state index contributed by atoms with van der Waals surface area (Å²) < 4.78 is 9.01. The Bertz CT molecular complexity index is 775. The fourth-order valence-corrected chi connectivity index (χ4v) is 2.40. The normalized spacial score (nSPS) is 10.8. The van der Waals surface area contributed by atoms with Gasteiger partial charge < -0.3 is 14.6 Å². The Morgan fingerprint density at radius 3 is 3.09 bits per heavy atom. The first-order valence-electron chi connectivity index (χ1n) is 7.14. The Morgan fingerprint density at radius 1 is 1.32 bits per heavy atom. The Balaban J connectivity index is 1.51. The number of fused-ring (bicyclic) bond motifs is 1. The lowest BCUT2D eigenvalue weighted by Gasteiger charge is -2.07. The molecule has 3 rings (SSSR count). The molecule has 1 aromatic carbocycles. The van der Waals surface area contributed by atoms with E-state index in [1.807, 2.05) is 42.7 Å². The Hall–Kier alpha value is -2.76. The summed E-state index contributed by atoms with van der Waals surface area (Å²) in [4.78, 5) is 12.0. The summed E-state index contributed by atoms with van der Waals surface area (Å²) >= 11 is 0. The minimum Gasteiger partial charge on any atom is -0.497 e. The van der Waals surface area contributed by atoms with Gasteiger partial charge in [-0.25, -0.2) is 4.52 Å². The number of rotatable bonds is 6. The Morgan fingerprint density at radius 2 is 2.23 bits per heavy atom. The van der Waals surface area contributed by atoms with E-state index in [2.05, 4.69) is 15.0 Å². The summed E-state index contributed by atoms with van der Waals surface area (Å²) in [7, 11) is 1.62. The van der Waals surface area contributed by atoms with Crippen molar-refractivity contribution in [3.63, 3.8) is 0 Å². The zero-order valence-corrected chi connectivity index (χ0v) is 12.4. The second-order valence-corrected chi connectivity index (χ2v) is 5.00. The molecule has 3 aromatic rings. The van der Waals surface area contributed by atoms with E-state index >= 15 is 0 Å². The number of ether oxygens (including phenoxy) is 1. The third-order valence-electron chi connectivity index (χ3n) is 3.51. The van der Waals surface area contributed by atoms with Crippen molar-refractivity contribution in [1.29, 1.82) is 0 Å². The minimum atomic E-state index is 0.00457. The molecule has 2 heterocycles. The molecule has 0 spiro atoms. The molecular weight excluding hydrogens is 280 g/mol. The van der Waals surface area contributed by atoms with E-state index in [4.69, 9.17) is 4.74 Å². The number of nitrogens with one attached hydrogen (secondary N) is 1. The predicted octanol–water partition coefficient (Wildman–Crippen LogP) is 1.50. The highest BCUT2D eigenvalue weighted by atomic mass is 16.5. The van der Waals surface area contributed by atoms with Crippen LogP contribution in [0.4, 0.5) is 0 Å². The van der Waals surface area contributed by atoms with Gasteiger partial charge in [-0.1, -0.05) is 12.1 Å². The van der Waals surface area contributed by atoms with Crippen molar-refractivity contribution in [2.45, 2.75) is 13.0 Å². The molecule has 0 bridgehead atoms. The van der Waals surface area contributed by atoms with Gasteiger partial charge in [-0.15, -0.1) is 0 Å². The highest BCUT2D eigenvalue weighted by molar-refractivity contribution is 5.78. The van der Waals surface area contributed by atoms with Gasteiger partial charge in [0.2, 0.25) is 5.91 Å². The van der Waals surface area contributed by atoms with Gasteiger partial charge in [0.25, 0.3) is 0 Å². The monoisotopic (exact) mass is 298 g/mol. The van der Waals surface area contributed by atoms with Crippen LogP contribution in [0.15, 0.2) is 48.9 Å². The second kappa shape index (κ2) is 6.34. The van der Waals surface area contributed by atoms with Gasteiger partial charge in [-0.05, 0) is 17.7 Å².